The molecule has 17 valence electrons. The molecule has 0 heterocycles. The van der Waals surface area contributed by atoms with E-state index in [9.17, 15) is 0 Å². The quantitative estimate of drug-likeness (QED) is 0.272. The van der Waals surface area contributed by atoms with Gasteiger partial charge in [0.15, 0.2) is 0 Å². The maximum absolute atomic E-state index is 0. The van der Waals surface area contributed by atoms with Crippen molar-refractivity contribution in [1.82, 2.24) is 0 Å². The molecule has 0 N–H and O–H groups in total. The van der Waals surface area contributed by atoms with Gasteiger partial charge in [0.1, 0.15) is 0 Å². The molecule has 0 aromatic heterocycles. The van der Waals surface area contributed by atoms with Crippen molar-refractivity contribution < 1.29 is 131 Å². The summed E-state index contributed by atoms with van der Waals surface area (Å²) in [5, 5.41) is 0. The van der Waals surface area contributed by atoms with Crippen LogP contribution in [0.15, 0.2) is 0 Å². The number of halogens is 2. The normalized spacial score (nSPS) is 0. The van der Waals surface area contributed by atoms with Gasteiger partial charge in [0.2, 0.25) is 0 Å². The van der Waals surface area contributed by atoms with Crippen molar-refractivity contribution in [1.29, 1.82) is 0 Å². The van der Waals surface area contributed by atoms with Crippen LogP contribution in [0.5, 0.6) is 0 Å². The van der Waals surface area contributed by atoms with Crippen molar-refractivity contribution in [2.24, 2.45) is 0 Å². The van der Waals surface area contributed by atoms with Gasteiger partial charge in [-0.15, -0.1) is 0 Å². The average Bonchev–Trinajstić information content (AvgIpc) is 0. The first kappa shape index (κ1) is 24.1. The van der Waals surface area contributed by atoms with Crippen LogP contribution < -0.4 is 48.0 Å². The Kier molecular flexibility index (Phi) is 94.5. The number of hydrogen-bond donors (Lipinski definition) is 0. The molecule has 0 aliphatic heterocycles. The summed E-state index contributed by atoms with van der Waals surface area (Å²) in [6.07, 6.45) is 0. The first-order chi connectivity index (χ1) is 0. The van der Waals surface area contributed by atoms with E-state index in [0.717, 1.165) is 0 Å². The van der Waals surface area contributed by atoms with E-state index < -0.39 is 0 Å². The molecule has 0 fully saturated rings. The first-order valence-electron chi connectivity index (χ1n) is 0. The summed E-state index contributed by atoms with van der Waals surface area (Å²) >= 11 is 0. The van der Waals surface area contributed by atoms with Gasteiger partial charge in [-0.25, -0.2) is 0 Å². The summed E-state index contributed by atoms with van der Waals surface area (Å²) in [5.41, 5.74) is 0. The van der Waals surface area contributed by atoms with Gasteiger partial charge >= 0.3 is 83.0 Å². The molecule has 0 spiro atoms. The second kappa shape index (κ2) is 15.7. The van der Waals surface area contributed by atoms with E-state index in [1.807, 2.05) is 0 Å². The molecule has 1 radical (unpaired) electrons. The molecular weight excluding hydrogens is 535 g/mol. The second-order valence-electron chi connectivity index (χ2n) is 0. The maximum Gasteiger partial charge on any atom is 3.00 e. The van der Waals surface area contributed by atoms with E-state index in [-0.39, 0.29) is 131 Å². The number of hydrogen-bond acceptors (Lipinski definition) is 0. The van der Waals surface area contributed by atoms with Crippen LogP contribution >= 0.6 is 0 Å². The standard InChI is InChI=1S/Ce.2HI.Pr/h;2*1H;/q+3;;;+3/p-2. The van der Waals surface area contributed by atoms with E-state index in [0.29, 0.717) is 0 Å². The Labute approximate surface area is 127 Å². The van der Waals surface area contributed by atoms with Gasteiger partial charge in [-0.3, -0.25) is 0 Å². The van der Waals surface area contributed by atoms with Crippen LogP contribution in [0.25, 0.3) is 0 Å². The van der Waals surface area contributed by atoms with E-state index in [1.54, 1.807) is 0 Å². The fraction of sp³-hybridized carbons (Fsp3) is 0. The van der Waals surface area contributed by atoms with Crippen LogP contribution in [0, 0.1) is 83.0 Å². The molecule has 0 unspecified atom stereocenters. The molecular formula is CeI2Pr+4. The zero-order valence-corrected chi connectivity index (χ0v) is 13.0. The van der Waals surface area contributed by atoms with Crippen LogP contribution in [-0.4, -0.2) is 0 Å². The van der Waals surface area contributed by atoms with Crippen LogP contribution in [0.2, 0.25) is 0 Å². The first-order valence-corrected chi connectivity index (χ1v) is 0. The van der Waals surface area contributed by atoms with E-state index in [2.05, 4.69) is 0 Å². The van der Waals surface area contributed by atoms with E-state index >= 15 is 0 Å². The molecule has 0 amide bonds. The van der Waals surface area contributed by atoms with Crippen LogP contribution in [0.4, 0.5) is 0 Å². The van der Waals surface area contributed by atoms with Gasteiger partial charge in [-0.05, 0) is 0 Å². The largest absolute Gasteiger partial charge is 3.00 e. The minimum absolute atomic E-state index is 0. The molecule has 0 aromatic rings. The van der Waals surface area contributed by atoms with Crippen molar-refractivity contribution in [2.45, 2.75) is 0 Å². The monoisotopic (exact) mass is 535 g/mol. The van der Waals surface area contributed by atoms with Crippen LogP contribution in [0.1, 0.15) is 0 Å². The summed E-state index contributed by atoms with van der Waals surface area (Å²) in [5.74, 6) is 0. The van der Waals surface area contributed by atoms with Crippen LogP contribution in [0.3, 0.4) is 0 Å². The molecule has 0 atom stereocenters. The van der Waals surface area contributed by atoms with Crippen molar-refractivity contribution in [3.05, 3.63) is 0 Å². The third-order valence-electron chi connectivity index (χ3n) is 0. The van der Waals surface area contributed by atoms with Crippen molar-refractivity contribution in [3.63, 3.8) is 0 Å². The van der Waals surface area contributed by atoms with Crippen molar-refractivity contribution >= 4 is 0 Å². The van der Waals surface area contributed by atoms with Gasteiger partial charge < -0.3 is 48.0 Å². The fourth-order valence-electron chi connectivity index (χ4n) is 0. The summed E-state index contributed by atoms with van der Waals surface area (Å²) in [6, 6.07) is 0. The maximum atomic E-state index is 0. The Balaban J connectivity index is 0. The molecule has 0 saturated heterocycles. The summed E-state index contributed by atoms with van der Waals surface area (Å²) in [6.45, 7) is 0. The van der Waals surface area contributed by atoms with Crippen LogP contribution in [-0.2, 0) is 0 Å². The van der Waals surface area contributed by atoms with Gasteiger partial charge in [-0.2, -0.15) is 0 Å². The van der Waals surface area contributed by atoms with Crippen molar-refractivity contribution in [2.75, 3.05) is 0 Å². The van der Waals surface area contributed by atoms with Gasteiger partial charge in [0.25, 0.3) is 0 Å². The number of rotatable bonds is 0. The SMILES string of the molecule is [Ce+3].[I-].[I-].[Pr+3]. The molecule has 0 rings (SSSR count). The fourth-order valence-corrected chi connectivity index (χ4v) is 0. The van der Waals surface area contributed by atoms with Gasteiger partial charge in [0.05, 0.1) is 0 Å². The molecule has 0 aliphatic rings. The van der Waals surface area contributed by atoms with E-state index in [4.69, 9.17) is 0 Å². The third-order valence-corrected chi connectivity index (χ3v) is 0. The summed E-state index contributed by atoms with van der Waals surface area (Å²) in [7, 11) is 0. The molecule has 4 heavy (non-hydrogen) atoms. The molecule has 0 aromatic carbocycles. The minimum atomic E-state index is 0. The Morgan fingerprint density at radius 2 is 0.750 bits per heavy atom. The average molecular weight is 535 g/mol. The Bertz CT molecular complexity index is 6.00. The smallest absolute Gasteiger partial charge is 1.00 e. The van der Waals surface area contributed by atoms with Gasteiger partial charge in [-0.1, -0.05) is 0 Å². The Morgan fingerprint density at radius 1 is 0.750 bits per heavy atom. The molecule has 0 nitrogen and oxygen atoms in total. The molecule has 0 aliphatic carbocycles. The van der Waals surface area contributed by atoms with E-state index in [1.165, 1.54) is 0 Å². The predicted octanol–water partition coefficient (Wildman–Crippen LogP) is -5.99. The topological polar surface area (TPSA) is 0 Å². The zero-order chi connectivity index (χ0) is 0. The van der Waals surface area contributed by atoms with Crippen molar-refractivity contribution in [3.8, 4) is 0 Å². The van der Waals surface area contributed by atoms with Gasteiger partial charge in [0, 0.05) is 0 Å². The second-order valence-corrected chi connectivity index (χ2v) is 0. The molecule has 0 saturated carbocycles. The zero-order valence-electron chi connectivity index (χ0n) is 1.83. The minimum Gasteiger partial charge on any atom is -1.00 e. The predicted molar refractivity (Wildman–Crippen MR) is 0 cm³/mol. The summed E-state index contributed by atoms with van der Waals surface area (Å²) < 4.78 is 0. The third kappa shape index (κ3) is 9.50. The molecule has 0 bridgehead atoms. The summed E-state index contributed by atoms with van der Waals surface area (Å²) in [4.78, 5) is 0. The molecule has 4 heteroatoms. The Morgan fingerprint density at radius 3 is 0.750 bits per heavy atom. The Hall–Kier alpha value is 4.20.